The van der Waals surface area contributed by atoms with Crippen molar-refractivity contribution >= 4 is 11.1 Å². The van der Waals surface area contributed by atoms with Gasteiger partial charge in [0.2, 0.25) is 0 Å². The molecular weight excluding hydrogens is 226 g/mol. The predicted octanol–water partition coefficient (Wildman–Crippen LogP) is 0.966. The Morgan fingerprint density at radius 3 is 2.38 bits per heavy atom. The molecule has 2 unspecified atom stereocenters. The third-order valence-electron chi connectivity index (χ3n) is 2.55. The van der Waals surface area contributed by atoms with Crippen LogP contribution in [0.5, 0.6) is 0 Å². The summed E-state index contributed by atoms with van der Waals surface area (Å²) in [6, 6.07) is 0. The molecule has 0 aliphatic heterocycles. The van der Waals surface area contributed by atoms with E-state index in [4.69, 9.17) is 11.6 Å². The molecule has 1 aliphatic carbocycles. The fourth-order valence-electron chi connectivity index (χ4n) is 1.62. The fraction of sp³-hybridized carbons (Fsp3) is 0.800. The minimum atomic E-state index is -2.01. The Labute approximate surface area is 99.1 Å². The van der Waals surface area contributed by atoms with Crippen molar-refractivity contribution in [1.82, 2.24) is 5.01 Å². The van der Waals surface area contributed by atoms with Gasteiger partial charge in [0.1, 0.15) is 5.37 Å². The molecule has 1 saturated carbocycles. The van der Waals surface area contributed by atoms with E-state index in [0.717, 1.165) is 12.8 Å². The van der Waals surface area contributed by atoms with Crippen molar-refractivity contribution in [2.75, 3.05) is 0 Å². The van der Waals surface area contributed by atoms with Gasteiger partial charge in [-0.05, 0) is 18.3 Å². The smallest absolute Gasteiger partial charge is 0.178 e. The zero-order valence-electron chi connectivity index (χ0n) is 10.0. The standard InChI is InChI=1S/C10H21N3O2S/c1-10(2,3)9(16(14)15)13(12)6-8(11)7-4-5-7/h6-7,9H,4-5,11-12H2,1-3H3,(H,14,15)/b8-6-. The fourth-order valence-corrected chi connectivity index (χ4v) is 2.49. The summed E-state index contributed by atoms with van der Waals surface area (Å²) in [7, 11) is 0. The molecule has 1 fully saturated rings. The van der Waals surface area contributed by atoms with E-state index in [9.17, 15) is 8.76 Å². The van der Waals surface area contributed by atoms with Gasteiger partial charge in [-0.25, -0.2) is 10.1 Å². The molecule has 16 heavy (non-hydrogen) atoms. The highest BCUT2D eigenvalue weighted by Crippen LogP contribution is 2.34. The van der Waals surface area contributed by atoms with E-state index in [2.05, 4.69) is 0 Å². The van der Waals surface area contributed by atoms with Gasteiger partial charge >= 0.3 is 0 Å². The Morgan fingerprint density at radius 2 is 2.06 bits per heavy atom. The number of hydrazine groups is 1. The predicted molar refractivity (Wildman–Crippen MR) is 65.0 cm³/mol. The molecular formula is C10H21N3O2S. The molecule has 0 bridgehead atoms. The van der Waals surface area contributed by atoms with Gasteiger partial charge in [-0.15, -0.1) is 0 Å². The minimum absolute atomic E-state index is 0.394. The second-order valence-corrected chi connectivity index (χ2v) is 6.34. The minimum Gasteiger partial charge on any atom is -0.401 e. The molecule has 1 rings (SSSR count). The molecule has 0 radical (unpaired) electrons. The van der Waals surface area contributed by atoms with E-state index >= 15 is 0 Å². The molecule has 1 aliphatic rings. The van der Waals surface area contributed by atoms with Crippen molar-refractivity contribution in [1.29, 1.82) is 0 Å². The lowest BCUT2D eigenvalue weighted by Crippen LogP contribution is -2.48. The summed E-state index contributed by atoms with van der Waals surface area (Å²) in [5.74, 6) is 6.20. The van der Waals surface area contributed by atoms with Crippen LogP contribution in [-0.2, 0) is 11.1 Å². The van der Waals surface area contributed by atoms with Gasteiger partial charge in [0.15, 0.2) is 11.1 Å². The molecule has 5 nitrogen and oxygen atoms in total. The Morgan fingerprint density at radius 1 is 1.56 bits per heavy atom. The van der Waals surface area contributed by atoms with E-state index < -0.39 is 21.9 Å². The van der Waals surface area contributed by atoms with E-state index in [1.54, 1.807) is 6.20 Å². The summed E-state index contributed by atoms with van der Waals surface area (Å²) in [6.45, 7) is 5.60. The normalized spacial score (nSPS) is 21.7. The van der Waals surface area contributed by atoms with Crippen LogP contribution in [0.4, 0.5) is 0 Å². The van der Waals surface area contributed by atoms with Gasteiger partial charge in [0, 0.05) is 17.8 Å². The van der Waals surface area contributed by atoms with Crippen LogP contribution in [-0.4, -0.2) is 19.1 Å². The average Bonchev–Trinajstić information content (AvgIpc) is 2.80. The third-order valence-corrected chi connectivity index (χ3v) is 3.88. The molecule has 94 valence electrons. The van der Waals surface area contributed by atoms with Crippen molar-refractivity contribution in [2.24, 2.45) is 22.9 Å². The van der Waals surface area contributed by atoms with Crippen LogP contribution < -0.4 is 11.6 Å². The number of nitrogens with two attached hydrogens (primary N) is 2. The van der Waals surface area contributed by atoms with Gasteiger partial charge < -0.3 is 10.3 Å². The average molecular weight is 247 g/mol. The molecule has 0 aromatic rings. The summed E-state index contributed by atoms with van der Waals surface area (Å²) in [5, 5.41) is 0.605. The molecule has 0 spiro atoms. The zero-order chi connectivity index (χ0) is 12.5. The number of hydrogen-bond acceptors (Lipinski definition) is 4. The van der Waals surface area contributed by atoms with Gasteiger partial charge in [0.05, 0.1) is 0 Å². The van der Waals surface area contributed by atoms with Gasteiger partial charge in [-0.3, -0.25) is 5.01 Å². The number of nitrogens with zero attached hydrogens (tertiary/aromatic N) is 1. The van der Waals surface area contributed by atoms with Crippen molar-refractivity contribution in [3.05, 3.63) is 11.9 Å². The quantitative estimate of drug-likeness (QED) is 0.391. The van der Waals surface area contributed by atoms with Crippen molar-refractivity contribution < 1.29 is 8.76 Å². The Kier molecular flexibility index (Phi) is 3.98. The number of rotatable bonds is 4. The summed E-state index contributed by atoms with van der Waals surface area (Å²) < 4.78 is 20.5. The van der Waals surface area contributed by atoms with Gasteiger partial charge in [0.25, 0.3) is 0 Å². The summed E-state index contributed by atoms with van der Waals surface area (Å²) in [6.07, 6.45) is 3.75. The zero-order valence-corrected chi connectivity index (χ0v) is 10.8. The van der Waals surface area contributed by atoms with E-state index in [1.807, 2.05) is 20.8 Å². The highest BCUT2D eigenvalue weighted by molar-refractivity contribution is 7.79. The molecule has 5 N–H and O–H groups in total. The van der Waals surface area contributed by atoms with E-state index in [0.29, 0.717) is 11.6 Å². The number of allylic oxidation sites excluding steroid dienone is 1. The van der Waals surface area contributed by atoms with Crippen LogP contribution >= 0.6 is 0 Å². The molecule has 0 aromatic carbocycles. The van der Waals surface area contributed by atoms with Crippen LogP contribution in [0.3, 0.4) is 0 Å². The first-order valence-corrected chi connectivity index (χ1v) is 6.50. The molecule has 6 heteroatoms. The molecule has 0 aromatic heterocycles. The highest BCUT2D eigenvalue weighted by atomic mass is 32.2. The lowest BCUT2D eigenvalue weighted by atomic mass is 9.96. The summed E-state index contributed by atoms with van der Waals surface area (Å²) in [5.41, 5.74) is 6.12. The maximum atomic E-state index is 11.3. The second kappa shape index (κ2) is 4.73. The lowest BCUT2D eigenvalue weighted by molar-refractivity contribution is 0.209. The van der Waals surface area contributed by atoms with Crippen LogP contribution in [0, 0.1) is 11.3 Å². The molecule has 0 saturated heterocycles. The first-order chi connectivity index (χ1) is 7.23. The Bertz CT molecular complexity index is 308. The van der Waals surface area contributed by atoms with Crippen molar-refractivity contribution in [2.45, 2.75) is 39.0 Å². The van der Waals surface area contributed by atoms with Crippen LogP contribution in [0.25, 0.3) is 0 Å². The monoisotopic (exact) mass is 247 g/mol. The third kappa shape index (κ3) is 3.47. The second-order valence-electron chi connectivity index (χ2n) is 5.35. The largest absolute Gasteiger partial charge is 0.401 e. The molecule has 2 atom stereocenters. The lowest BCUT2D eigenvalue weighted by Gasteiger charge is -2.34. The Balaban J connectivity index is 2.78. The topological polar surface area (TPSA) is 92.6 Å². The maximum Gasteiger partial charge on any atom is 0.178 e. The summed E-state index contributed by atoms with van der Waals surface area (Å²) >= 11 is -2.01. The van der Waals surface area contributed by atoms with Crippen molar-refractivity contribution in [3.8, 4) is 0 Å². The summed E-state index contributed by atoms with van der Waals surface area (Å²) in [4.78, 5) is 0. The molecule has 0 amide bonds. The SMILES string of the molecule is CC(C)(C)C(N(N)/C=C(\N)C1CC1)S(=O)O. The van der Waals surface area contributed by atoms with Crippen LogP contribution in [0.1, 0.15) is 33.6 Å². The molecule has 0 heterocycles. The van der Waals surface area contributed by atoms with Crippen molar-refractivity contribution in [3.63, 3.8) is 0 Å². The van der Waals surface area contributed by atoms with Crippen LogP contribution in [0.2, 0.25) is 0 Å². The van der Waals surface area contributed by atoms with E-state index in [1.165, 1.54) is 5.01 Å². The van der Waals surface area contributed by atoms with E-state index in [-0.39, 0.29) is 0 Å². The van der Waals surface area contributed by atoms with Crippen LogP contribution in [0.15, 0.2) is 11.9 Å². The number of hydrogen-bond donors (Lipinski definition) is 3. The van der Waals surface area contributed by atoms with Gasteiger partial charge in [-0.1, -0.05) is 20.8 Å². The van der Waals surface area contributed by atoms with Gasteiger partial charge in [-0.2, -0.15) is 0 Å². The first kappa shape index (κ1) is 13.5. The highest BCUT2D eigenvalue weighted by Gasteiger charge is 2.34. The Hall–Kier alpha value is -0.590. The maximum absolute atomic E-state index is 11.3. The first-order valence-electron chi connectivity index (χ1n) is 5.33.